The molecule has 1 aromatic rings. The lowest BCUT2D eigenvalue weighted by Gasteiger charge is -2.13. The van der Waals surface area contributed by atoms with Gasteiger partial charge in [-0.3, -0.25) is 4.79 Å². The van der Waals surface area contributed by atoms with Crippen LogP contribution in [0.15, 0.2) is 23.5 Å². The number of ether oxygens (including phenoxy) is 1. The molecular formula is C12H18N4O3. The van der Waals surface area contributed by atoms with Gasteiger partial charge in [-0.15, -0.1) is 0 Å². The number of aromatic nitrogens is 1. The van der Waals surface area contributed by atoms with Gasteiger partial charge in [0.15, 0.2) is 5.84 Å². The molecule has 1 amide bonds. The molecule has 1 rings (SSSR count). The molecule has 1 unspecified atom stereocenters. The number of amides is 1. The number of anilines is 1. The number of hydrogen-bond donors (Lipinski definition) is 3. The second-order valence-corrected chi connectivity index (χ2v) is 3.79. The molecule has 0 radical (unpaired) electrons. The number of nitrogens with zero attached hydrogens (tertiary/aromatic N) is 2. The van der Waals surface area contributed by atoms with Gasteiger partial charge in [-0.1, -0.05) is 12.1 Å². The summed E-state index contributed by atoms with van der Waals surface area (Å²) in [5.74, 6) is -0.636. The Balaban J connectivity index is 2.70. The Hall–Kier alpha value is -2.31. The molecule has 19 heavy (non-hydrogen) atoms. The minimum Gasteiger partial charge on any atom is -0.478 e. The minimum atomic E-state index is -0.670. The molecule has 0 saturated carbocycles. The van der Waals surface area contributed by atoms with Crippen LogP contribution in [0, 0.1) is 5.92 Å². The summed E-state index contributed by atoms with van der Waals surface area (Å²) in [5.41, 5.74) is 5.98. The molecular weight excluding hydrogens is 248 g/mol. The lowest BCUT2D eigenvalue weighted by molar-refractivity contribution is -0.118. The van der Waals surface area contributed by atoms with E-state index < -0.39 is 5.92 Å². The first kappa shape index (κ1) is 14.7. The molecule has 0 aliphatic carbocycles. The van der Waals surface area contributed by atoms with Gasteiger partial charge >= 0.3 is 0 Å². The quantitative estimate of drug-likeness (QED) is 0.310. The Morgan fingerprint density at radius 1 is 1.58 bits per heavy atom. The number of carbonyl (C=O) groups excluding carboxylic acids is 1. The van der Waals surface area contributed by atoms with E-state index in [1.807, 2.05) is 6.92 Å². The molecule has 4 N–H and O–H groups in total. The lowest BCUT2D eigenvalue weighted by Crippen LogP contribution is -2.34. The highest BCUT2D eigenvalue weighted by Gasteiger charge is 2.21. The molecule has 1 atom stereocenters. The van der Waals surface area contributed by atoms with Crippen LogP contribution >= 0.6 is 0 Å². The highest BCUT2D eigenvalue weighted by atomic mass is 16.5. The average Bonchev–Trinajstić information content (AvgIpc) is 2.42. The standard InChI is InChI=1S/C12H18N4O3/c1-3-9(11(13)16-18)12(17)15-8-5-6-10(14-7-8)19-4-2/h5-7,9,18H,3-4H2,1-2H3,(H2,13,16)(H,15,17). The number of nitrogens with two attached hydrogens (primary N) is 1. The van der Waals surface area contributed by atoms with Crippen molar-refractivity contribution in [3.63, 3.8) is 0 Å². The molecule has 1 heterocycles. The monoisotopic (exact) mass is 266 g/mol. The Morgan fingerprint density at radius 3 is 2.79 bits per heavy atom. The summed E-state index contributed by atoms with van der Waals surface area (Å²) in [5, 5.41) is 14.1. The fourth-order valence-electron chi connectivity index (χ4n) is 1.52. The third-order valence-electron chi connectivity index (χ3n) is 2.49. The largest absolute Gasteiger partial charge is 0.478 e. The topological polar surface area (TPSA) is 110 Å². The highest BCUT2D eigenvalue weighted by molar-refractivity contribution is 6.07. The van der Waals surface area contributed by atoms with Crippen molar-refractivity contribution in [2.45, 2.75) is 20.3 Å². The maximum atomic E-state index is 11.9. The zero-order valence-electron chi connectivity index (χ0n) is 11.0. The van der Waals surface area contributed by atoms with Crippen LogP contribution in [0.1, 0.15) is 20.3 Å². The van der Waals surface area contributed by atoms with E-state index in [1.165, 1.54) is 6.20 Å². The van der Waals surface area contributed by atoms with E-state index >= 15 is 0 Å². The molecule has 0 aliphatic rings. The van der Waals surface area contributed by atoms with Crippen molar-refractivity contribution in [1.82, 2.24) is 4.98 Å². The van der Waals surface area contributed by atoms with Gasteiger partial charge in [0.05, 0.1) is 24.4 Å². The Bertz CT molecular complexity index is 445. The summed E-state index contributed by atoms with van der Waals surface area (Å²) in [6.45, 7) is 4.17. The van der Waals surface area contributed by atoms with Crippen LogP contribution in [0.3, 0.4) is 0 Å². The van der Waals surface area contributed by atoms with Gasteiger partial charge < -0.3 is 21.0 Å². The first-order valence-electron chi connectivity index (χ1n) is 5.99. The number of carbonyl (C=O) groups is 1. The molecule has 7 heteroatoms. The molecule has 0 bridgehead atoms. The molecule has 0 spiro atoms. The third-order valence-corrected chi connectivity index (χ3v) is 2.49. The summed E-state index contributed by atoms with van der Waals surface area (Å²) in [4.78, 5) is 15.9. The number of pyridine rings is 1. The van der Waals surface area contributed by atoms with Gasteiger partial charge in [-0.2, -0.15) is 0 Å². The second kappa shape index (κ2) is 7.20. The van der Waals surface area contributed by atoms with Crippen LogP contribution < -0.4 is 15.8 Å². The summed E-state index contributed by atoms with van der Waals surface area (Å²) in [6, 6.07) is 3.33. The van der Waals surface area contributed by atoms with Gasteiger partial charge in [0.25, 0.3) is 0 Å². The number of rotatable bonds is 6. The van der Waals surface area contributed by atoms with Crippen LogP contribution in [0.2, 0.25) is 0 Å². The predicted molar refractivity (Wildman–Crippen MR) is 71.2 cm³/mol. The molecule has 104 valence electrons. The number of hydrogen-bond acceptors (Lipinski definition) is 5. The van der Waals surface area contributed by atoms with Gasteiger partial charge in [-0.25, -0.2) is 4.98 Å². The van der Waals surface area contributed by atoms with Crippen molar-refractivity contribution < 1.29 is 14.7 Å². The maximum absolute atomic E-state index is 11.9. The highest BCUT2D eigenvalue weighted by Crippen LogP contribution is 2.13. The van der Waals surface area contributed by atoms with Gasteiger partial charge in [0.2, 0.25) is 11.8 Å². The normalized spacial score (nSPS) is 12.8. The minimum absolute atomic E-state index is 0.112. The zero-order chi connectivity index (χ0) is 14.3. The van der Waals surface area contributed by atoms with Gasteiger partial charge in [0.1, 0.15) is 0 Å². The Labute approximate surface area is 111 Å². The van der Waals surface area contributed by atoms with Crippen LogP contribution in [-0.4, -0.2) is 28.5 Å². The maximum Gasteiger partial charge on any atom is 0.235 e. The van der Waals surface area contributed by atoms with Crippen molar-refractivity contribution in [2.24, 2.45) is 16.8 Å². The lowest BCUT2D eigenvalue weighted by atomic mass is 10.0. The molecule has 7 nitrogen and oxygen atoms in total. The SMILES string of the molecule is CCOc1ccc(NC(=O)C(CC)C(N)=NO)cn1. The van der Waals surface area contributed by atoms with Crippen molar-refractivity contribution in [2.75, 3.05) is 11.9 Å². The Morgan fingerprint density at radius 2 is 2.32 bits per heavy atom. The van der Waals surface area contributed by atoms with E-state index in [0.717, 1.165) is 0 Å². The van der Waals surface area contributed by atoms with E-state index in [2.05, 4.69) is 15.5 Å². The number of nitrogens with one attached hydrogen (secondary N) is 1. The van der Waals surface area contributed by atoms with Gasteiger partial charge in [-0.05, 0) is 19.4 Å². The van der Waals surface area contributed by atoms with Crippen molar-refractivity contribution in [3.05, 3.63) is 18.3 Å². The smallest absolute Gasteiger partial charge is 0.235 e. The summed E-state index contributed by atoms with van der Waals surface area (Å²) in [6.07, 6.45) is 1.92. The zero-order valence-corrected chi connectivity index (χ0v) is 11.0. The van der Waals surface area contributed by atoms with Crippen LogP contribution in [0.25, 0.3) is 0 Å². The molecule has 0 aliphatic heterocycles. The molecule has 0 aromatic carbocycles. The molecule has 0 fully saturated rings. The van der Waals surface area contributed by atoms with E-state index in [4.69, 9.17) is 15.7 Å². The van der Waals surface area contributed by atoms with E-state index in [9.17, 15) is 4.79 Å². The first-order valence-corrected chi connectivity index (χ1v) is 5.99. The summed E-state index contributed by atoms with van der Waals surface area (Å²) >= 11 is 0. The van der Waals surface area contributed by atoms with Crippen molar-refractivity contribution >= 4 is 17.4 Å². The van der Waals surface area contributed by atoms with Crippen molar-refractivity contribution in [1.29, 1.82) is 0 Å². The fraction of sp³-hybridized carbons (Fsp3) is 0.417. The Kier molecular flexibility index (Phi) is 5.59. The van der Waals surface area contributed by atoms with Crippen LogP contribution in [0.4, 0.5) is 5.69 Å². The van der Waals surface area contributed by atoms with Crippen molar-refractivity contribution in [3.8, 4) is 5.88 Å². The number of oxime groups is 1. The molecule has 1 aromatic heterocycles. The summed E-state index contributed by atoms with van der Waals surface area (Å²) < 4.78 is 5.19. The number of amidine groups is 1. The van der Waals surface area contributed by atoms with E-state index in [1.54, 1.807) is 19.1 Å². The average molecular weight is 266 g/mol. The van der Waals surface area contributed by atoms with E-state index in [0.29, 0.717) is 24.6 Å². The molecule has 0 saturated heterocycles. The van der Waals surface area contributed by atoms with Gasteiger partial charge in [0, 0.05) is 6.07 Å². The fourth-order valence-corrected chi connectivity index (χ4v) is 1.52. The van der Waals surface area contributed by atoms with Crippen LogP contribution in [-0.2, 0) is 4.79 Å². The third kappa shape index (κ3) is 4.13. The first-order chi connectivity index (χ1) is 9.12. The van der Waals surface area contributed by atoms with E-state index in [-0.39, 0.29) is 11.7 Å². The second-order valence-electron chi connectivity index (χ2n) is 3.79. The van der Waals surface area contributed by atoms with Crippen LogP contribution in [0.5, 0.6) is 5.88 Å². The summed E-state index contributed by atoms with van der Waals surface area (Å²) in [7, 11) is 0. The predicted octanol–water partition coefficient (Wildman–Crippen LogP) is 1.19.